The fourth-order valence-electron chi connectivity index (χ4n) is 3.44. The zero-order valence-corrected chi connectivity index (χ0v) is 18.2. The summed E-state index contributed by atoms with van der Waals surface area (Å²) in [6.07, 6.45) is 0. The van der Waals surface area contributed by atoms with E-state index in [2.05, 4.69) is 15.4 Å². The second-order valence-corrected chi connectivity index (χ2v) is 7.34. The summed E-state index contributed by atoms with van der Waals surface area (Å²) >= 11 is 0. The summed E-state index contributed by atoms with van der Waals surface area (Å²) in [5, 5.41) is 7.21. The van der Waals surface area contributed by atoms with Gasteiger partial charge in [-0.05, 0) is 32.0 Å². The van der Waals surface area contributed by atoms with Crippen molar-refractivity contribution in [2.45, 2.75) is 20.4 Å². The van der Waals surface area contributed by atoms with E-state index in [-0.39, 0.29) is 18.0 Å². The van der Waals surface area contributed by atoms with Gasteiger partial charge in [0.1, 0.15) is 18.0 Å². The first kappa shape index (κ1) is 21.1. The molecule has 0 aliphatic heterocycles. The van der Waals surface area contributed by atoms with Crippen LogP contribution < -0.4 is 20.3 Å². The maximum absolute atomic E-state index is 12.9. The van der Waals surface area contributed by atoms with Gasteiger partial charge < -0.3 is 19.4 Å². The van der Waals surface area contributed by atoms with Crippen LogP contribution in [0.2, 0.25) is 0 Å². The summed E-state index contributed by atoms with van der Waals surface area (Å²) < 4.78 is 13.4. The molecule has 0 bridgehead atoms. The Morgan fingerprint density at radius 1 is 1.06 bits per heavy atom. The maximum Gasteiger partial charge on any atom is 0.275 e. The largest absolute Gasteiger partial charge is 0.497 e. The highest BCUT2D eigenvalue weighted by molar-refractivity contribution is 5.92. The molecule has 0 radical (unpaired) electrons. The summed E-state index contributed by atoms with van der Waals surface area (Å²) in [5.74, 6) is 1.50. The Morgan fingerprint density at radius 3 is 2.59 bits per heavy atom. The number of benzene rings is 2. The molecule has 9 nitrogen and oxygen atoms in total. The number of ether oxygens (including phenoxy) is 2. The second-order valence-electron chi connectivity index (χ2n) is 7.34. The van der Waals surface area contributed by atoms with Gasteiger partial charge in [-0.2, -0.15) is 9.50 Å². The Hall–Kier alpha value is -4.14. The molecule has 32 heavy (non-hydrogen) atoms. The molecule has 0 spiro atoms. The number of methoxy groups -OCH3 is 2. The van der Waals surface area contributed by atoms with Crippen molar-refractivity contribution in [3.8, 4) is 22.9 Å². The first-order valence-electron chi connectivity index (χ1n) is 9.95. The lowest BCUT2D eigenvalue weighted by molar-refractivity contribution is -0.116. The summed E-state index contributed by atoms with van der Waals surface area (Å²) in [4.78, 5) is 29.9. The van der Waals surface area contributed by atoms with Crippen LogP contribution in [-0.4, -0.2) is 39.3 Å². The van der Waals surface area contributed by atoms with Gasteiger partial charge in [-0.1, -0.05) is 23.8 Å². The van der Waals surface area contributed by atoms with E-state index in [0.29, 0.717) is 34.5 Å². The van der Waals surface area contributed by atoms with Crippen LogP contribution in [0.15, 0.2) is 53.3 Å². The Balaban J connectivity index is 1.68. The number of rotatable bonds is 6. The fourth-order valence-corrected chi connectivity index (χ4v) is 3.44. The van der Waals surface area contributed by atoms with E-state index in [0.717, 1.165) is 11.1 Å². The summed E-state index contributed by atoms with van der Waals surface area (Å²) in [6.45, 7) is 3.67. The number of nitrogens with one attached hydrogen (secondary N) is 1. The molecule has 4 aromatic rings. The highest BCUT2D eigenvalue weighted by Crippen LogP contribution is 2.29. The number of hydrogen-bond acceptors (Lipinski definition) is 6. The van der Waals surface area contributed by atoms with Gasteiger partial charge in [-0.3, -0.25) is 9.59 Å². The molecule has 4 rings (SSSR count). The van der Waals surface area contributed by atoms with Crippen molar-refractivity contribution >= 4 is 17.4 Å². The zero-order chi connectivity index (χ0) is 22.8. The third kappa shape index (κ3) is 4.04. The first-order valence-corrected chi connectivity index (χ1v) is 9.95. The summed E-state index contributed by atoms with van der Waals surface area (Å²) in [6, 6.07) is 14.3. The van der Waals surface area contributed by atoms with E-state index in [4.69, 9.17) is 9.47 Å². The van der Waals surface area contributed by atoms with Crippen molar-refractivity contribution in [1.82, 2.24) is 19.2 Å². The van der Waals surface area contributed by atoms with Crippen LogP contribution >= 0.6 is 0 Å². The molecule has 0 aliphatic rings. The number of hydrogen-bond donors (Lipinski definition) is 1. The number of anilines is 1. The number of amides is 1. The molecule has 2 aromatic heterocycles. The van der Waals surface area contributed by atoms with Gasteiger partial charge in [0.15, 0.2) is 5.82 Å². The lowest BCUT2D eigenvalue weighted by Gasteiger charge is -2.14. The van der Waals surface area contributed by atoms with Crippen LogP contribution in [0, 0.1) is 13.8 Å². The molecule has 0 aliphatic carbocycles. The topological polar surface area (TPSA) is 99.8 Å². The number of nitrogens with zero attached hydrogens (tertiary/aromatic N) is 4. The number of fused-ring (bicyclic) bond motifs is 1. The van der Waals surface area contributed by atoms with Crippen molar-refractivity contribution in [3.05, 3.63) is 70.1 Å². The van der Waals surface area contributed by atoms with Crippen molar-refractivity contribution in [1.29, 1.82) is 0 Å². The number of aryl methyl sites for hydroxylation is 2. The number of carbonyl (C=O) groups is 1. The highest BCUT2D eigenvalue weighted by atomic mass is 16.5. The van der Waals surface area contributed by atoms with Gasteiger partial charge in [-0.25, -0.2) is 0 Å². The van der Waals surface area contributed by atoms with Crippen LogP contribution in [0.25, 0.3) is 17.2 Å². The third-order valence-corrected chi connectivity index (χ3v) is 5.06. The minimum Gasteiger partial charge on any atom is -0.497 e. The number of carbonyl (C=O) groups excluding carboxylic acids is 1. The van der Waals surface area contributed by atoms with Gasteiger partial charge in [-0.15, -0.1) is 5.10 Å². The first-order chi connectivity index (χ1) is 15.4. The van der Waals surface area contributed by atoms with E-state index >= 15 is 0 Å². The minimum absolute atomic E-state index is 0.0588. The molecule has 2 aromatic carbocycles. The minimum atomic E-state index is -0.308. The average molecular weight is 433 g/mol. The van der Waals surface area contributed by atoms with E-state index in [1.54, 1.807) is 36.8 Å². The van der Waals surface area contributed by atoms with Gasteiger partial charge in [0, 0.05) is 23.4 Å². The van der Waals surface area contributed by atoms with Crippen molar-refractivity contribution in [3.63, 3.8) is 0 Å². The quantitative estimate of drug-likeness (QED) is 0.502. The van der Waals surface area contributed by atoms with E-state index in [1.165, 1.54) is 17.7 Å². The van der Waals surface area contributed by atoms with Crippen molar-refractivity contribution in [2.24, 2.45) is 0 Å². The van der Waals surface area contributed by atoms with E-state index < -0.39 is 0 Å². The van der Waals surface area contributed by atoms with E-state index in [1.807, 2.05) is 31.2 Å². The zero-order valence-electron chi connectivity index (χ0n) is 18.2. The summed E-state index contributed by atoms with van der Waals surface area (Å²) in [7, 11) is 3.07. The lowest BCUT2D eigenvalue weighted by Crippen LogP contribution is -2.25. The predicted molar refractivity (Wildman–Crippen MR) is 120 cm³/mol. The Morgan fingerprint density at radius 2 is 1.88 bits per heavy atom. The normalized spacial score (nSPS) is 10.9. The van der Waals surface area contributed by atoms with E-state index in [9.17, 15) is 9.59 Å². The SMILES string of the molecule is COc1ccc(NC(=O)Cn2c(C)cc(=O)n3nc(-c4cccc(C)c4)nc23)c(OC)c1. The van der Waals surface area contributed by atoms with Crippen LogP contribution in [0.5, 0.6) is 11.5 Å². The summed E-state index contributed by atoms with van der Waals surface area (Å²) in [5.41, 5.74) is 2.65. The molecule has 0 atom stereocenters. The van der Waals surface area contributed by atoms with Crippen LogP contribution in [-0.2, 0) is 11.3 Å². The third-order valence-electron chi connectivity index (χ3n) is 5.06. The molecule has 2 heterocycles. The molecule has 0 saturated carbocycles. The molecule has 0 unspecified atom stereocenters. The van der Waals surface area contributed by atoms with Crippen LogP contribution in [0.3, 0.4) is 0 Å². The van der Waals surface area contributed by atoms with Crippen LogP contribution in [0.4, 0.5) is 5.69 Å². The molecule has 0 fully saturated rings. The van der Waals surface area contributed by atoms with Crippen molar-refractivity contribution in [2.75, 3.05) is 19.5 Å². The Labute approximate surface area is 184 Å². The van der Waals surface area contributed by atoms with Gasteiger partial charge in [0.25, 0.3) is 5.56 Å². The molecule has 0 saturated heterocycles. The molecule has 1 amide bonds. The van der Waals surface area contributed by atoms with Crippen LogP contribution in [0.1, 0.15) is 11.3 Å². The molecular weight excluding hydrogens is 410 g/mol. The lowest BCUT2D eigenvalue weighted by atomic mass is 10.1. The number of aromatic nitrogens is 4. The van der Waals surface area contributed by atoms with Gasteiger partial charge in [0.05, 0.1) is 19.9 Å². The van der Waals surface area contributed by atoms with Gasteiger partial charge in [0.2, 0.25) is 11.7 Å². The Kier molecular flexibility index (Phi) is 5.63. The smallest absolute Gasteiger partial charge is 0.275 e. The average Bonchev–Trinajstić information content (AvgIpc) is 3.23. The monoisotopic (exact) mass is 433 g/mol. The highest BCUT2D eigenvalue weighted by Gasteiger charge is 2.17. The molecular formula is C23H23N5O4. The second kappa shape index (κ2) is 8.54. The fraction of sp³-hybridized carbons (Fsp3) is 0.217. The van der Waals surface area contributed by atoms with Crippen molar-refractivity contribution < 1.29 is 14.3 Å². The van der Waals surface area contributed by atoms with Gasteiger partial charge >= 0.3 is 0 Å². The maximum atomic E-state index is 12.9. The molecule has 1 N–H and O–H groups in total. The Bertz CT molecular complexity index is 1370. The molecule has 9 heteroatoms. The predicted octanol–water partition coefficient (Wildman–Crippen LogP) is 2.83. The standard InChI is InChI=1S/C23H23N5O4/c1-14-6-5-7-16(10-14)22-25-23-27(15(2)11-21(30)28(23)26-22)13-20(29)24-18-9-8-17(31-3)12-19(18)32-4/h5-12H,13H2,1-4H3,(H,24,29). The molecule has 164 valence electrons.